The second kappa shape index (κ2) is 6.86. The molecule has 146 valence electrons. The minimum absolute atomic E-state index is 0.0116. The number of aliphatic carboxylic acids is 1. The van der Waals surface area contributed by atoms with Crippen molar-refractivity contribution in [3.63, 3.8) is 0 Å². The molecule has 0 unspecified atom stereocenters. The highest BCUT2D eigenvalue weighted by atomic mass is 16.4. The van der Waals surface area contributed by atoms with E-state index in [1.165, 1.54) is 0 Å². The minimum Gasteiger partial charge on any atom is -0.480 e. The molecule has 3 aliphatic rings. The Bertz CT molecular complexity index is 733. The lowest BCUT2D eigenvalue weighted by atomic mass is 9.76. The fourth-order valence-corrected chi connectivity index (χ4v) is 4.76. The van der Waals surface area contributed by atoms with Crippen LogP contribution in [0.25, 0.3) is 0 Å². The van der Waals surface area contributed by atoms with Gasteiger partial charge in [0.15, 0.2) is 0 Å². The summed E-state index contributed by atoms with van der Waals surface area (Å²) in [6.07, 6.45) is 4.49. The molecule has 0 aromatic carbocycles. The number of rotatable bonds is 4. The van der Waals surface area contributed by atoms with Crippen LogP contribution in [0.15, 0.2) is 6.07 Å². The van der Waals surface area contributed by atoms with Crippen LogP contribution in [0.2, 0.25) is 0 Å². The summed E-state index contributed by atoms with van der Waals surface area (Å²) in [4.78, 5) is 37.2. The van der Waals surface area contributed by atoms with E-state index in [9.17, 15) is 14.7 Å². The molecule has 0 bridgehead atoms. The fraction of sp³-hybridized carbons (Fsp3) is 0.700. The summed E-state index contributed by atoms with van der Waals surface area (Å²) in [7, 11) is 0. The quantitative estimate of drug-likeness (QED) is 0.867. The van der Waals surface area contributed by atoms with Crippen molar-refractivity contribution in [3.05, 3.63) is 23.3 Å². The number of carbonyl (C=O) groups is 2. The number of hydrogen-bond donors (Lipinski definition) is 1. The molecule has 1 spiro atoms. The summed E-state index contributed by atoms with van der Waals surface area (Å²) in [5, 5.41) is 9.76. The van der Waals surface area contributed by atoms with E-state index in [4.69, 9.17) is 0 Å². The zero-order valence-electron chi connectivity index (χ0n) is 16.1. The van der Waals surface area contributed by atoms with Gasteiger partial charge in [-0.1, -0.05) is 0 Å². The third-order valence-electron chi connectivity index (χ3n) is 6.33. The molecule has 2 aliphatic heterocycles. The van der Waals surface area contributed by atoms with E-state index in [0.29, 0.717) is 24.7 Å². The van der Waals surface area contributed by atoms with Crippen molar-refractivity contribution in [1.82, 2.24) is 19.8 Å². The molecule has 1 aromatic heterocycles. The third-order valence-corrected chi connectivity index (χ3v) is 6.33. The summed E-state index contributed by atoms with van der Waals surface area (Å²) in [6.45, 7) is 6.60. The summed E-state index contributed by atoms with van der Waals surface area (Å²) >= 11 is 0. The number of amides is 1. The lowest BCUT2D eigenvalue weighted by Gasteiger charge is -2.39. The van der Waals surface area contributed by atoms with E-state index in [-0.39, 0.29) is 11.3 Å². The second-order valence-electron chi connectivity index (χ2n) is 8.63. The van der Waals surface area contributed by atoms with Crippen LogP contribution in [0, 0.1) is 25.2 Å². The van der Waals surface area contributed by atoms with E-state index in [2.05, 4.69) is 9.97 Å². The van der Waals surface area contributed by atoms with E-state index >= 15 is 0 Å². The van der Waals surface area contributed by atoms with Crippen molar-refractivity contribution in [2.45, 2.75) is 58.5 Å². The maximum atomic E-state index is 12.3. The highest BCUT2D eigenvalue weighted by Gasteiger charge is 2.49. The Balaban J connectivity index is 1.45. The van der Waals surface area contributed by atoms with Crippen LogP contribution in [0.4, 0.5) is 0 Å². The van der Waals surface area contributed by atoms with Gasteiger partial charge in [0, 0.05) is 36.9 Å². The molecule has 1 aromatic rings. The van der Waals surface area contributed by atoms with Gasteiger partial charge >= 0.3 is 5.97 Å². The van der Waals surface area contributed by atoms with Crippen molar-refractivity contribution in [3.8, 4) is 0 Å². The van der Waals surface area contributed by atoms with Crippen molar-refractivity contribution in [2.24, 2.45) is 11.3 Å². The Hall–Kier alpha value is -2.02. The number of carboxylic acid groups (broad SMARTS) is 1. The van der Waals surface area contributed by atoms with Crippen molar-refractivity contribution in [2.75, 3.05) is 19.6 Å². The molecule has 1 amide bonds. The Morgan fingerprint density at radius 1 is 1.19 bits per heavy atom. The topological polar surface area (TPSA) is 86.6 Å². The zero-order valence-corrected chi connectivity index (χ0v) is 16.1. The van der Waals surface area contributed by atoms with Crippen molar-refractivity contribution < 1.29 is 14.7 Å². The van der Waals surface area contributed by atoms with E-state index in [1.807, 2.05) is 29.7 Å². The molecule has 4 rings (SSSR count). The summed E-state index contributed by atoms with van der Waals surface area (Å²) in [5.74, 6) is 0.482. The van der Waals surface area contributed by atoms with Gasteiger partial charge in [-0.05, 0) is 57.4 Å². The van der Waals surface area contributed by atoms with Crippen LogP contribution in [0.1, 0.15) is 49.3 Å². The molecule has 7 nitrogen and oxygen atoms in total. The number of piperidine rings is 1. The van der Waals surface area contributed by atoms with Crippen LogP contribution in [0.5, 0.6) is 0 Å². The highest BCUT2D eigenvalue weighted by molar-refractivity contribution is 5.81. The van der Waals surface area contributed by atoms with E-state index in [0.717, 1.165) is 56.7 Å². The van der Waals surface area contributed by atoms with Crippen molar-refractivity contribution in [1.29, 1.82) is 0 Å². The first kappa shape index (κ1) is 18.3. The monoisotopic (exact) mass is 372 g/mol. The van der Waals surface area contributed by atoms with Gasteiger partial charge in [0.1, 0.15) is 11.9 Å². The van der Waals surface area contributed by atoms with Gasteiger partial charge in [-0.2, -0.15) is 0 Å². The van der Waals surface area contributed by atoms with Crippen LogP contribution in [-0.4, -0.2) is 62.4 Å². The minimum atomic E-state index is -0.771. The second-order valence-corrected chi connectivity index (χ2v) is 8.63. The van der Waals surface area contributed by atoms with Gasteiger partial charge in [-0.3, -0.25) is 14.5 Å². The molecule has 2 saturated heterocycles. The predicted molar refractivity (Wildman–Crippen MR) is 98.9 cm³/mol. The first-order chi connectivity index (χ1) is 12.8. The van der Waals surface area contributed by atoms with Crippen LogP contribution >= 0.6 is 0 Å². The maximum absolute atomic E-state index is 12.3. The molecular weight excluding hydrogens is 344 g/mol. The fourth-order valence-electron chi connectivity index (χ4n) is 4.76. The Morgan fingerprint density at radius 3 is 2.37 bits per heavy atom. The Morgan fingerprint density at radius 2 is 1.81 bits per heavy atom. The van der Waals surface area contributed by atoms with Crippen LogP contribution in [0.3, 0.4) is 0 Å². The Labute approximate surface area is 159 Å². The third kappa shape index (κ3) is 3.83. The number of carboxylic acids is 1. The van der Waals surface area contributed by atoms with E-state index < -0.39 is 12.0 Å². The van der Waals surface area contributed by atoms with Gasteiger partial charge in [-0.15, -0.1) is 0 Å². The molecule has 1 aliphatic carbocycles. The zero-order chi connectivity index (χ0) is 19.2. The van der Waals surface area contributed by atoms with E-state index in [1.54, 1.807) is 0 Å². The molecule has 27 heavy (non-hydrogen) atoms. The molecular formula is C20H28N4O3. The lowest BCUT2D eigenvalue weighted by molar-refractivity contribution is -0.142. The maximum Gasteiger partial charge on any atom is 0.320 e. The van der Waals surface area contributed by atoms with Gasteiger partial charge in [-0.25, -0.2) is 9.97 Å². The standard InChI is InChI=1S/C20H28N4O3/c1-13-9-14(2)22-17(21-13)11-24-12-20(10-16(24)19(26)27)5-7-23(8-6-20)18(25)15-3-4-15/h9,15-16H,3-8,10-12H2,1-2H3,(H,26,27)/t16-/m1/s1. The van der Waals surface area contributed by atoms with Crippen LogP contribution < -0.4 is 0 Å². The number of carbonyl (C=O) groups excluding carboxylic acids is 1. The molecule has 1 atom stereocenters. The first-order valence-electron chi connectivity index (χ1n) is 9.92. The molecule has 1 saturated carbocycles. The Kier molecular flexibility index (Phi) is 4.66. The first-order valence-corrected chi connectivity index (χ1v) is 9.92. The normalized spacial score (nSPS) is 25.1. The van der Waals surface area contributed by atoms with Gasteiger partial charge in [0.2, 0.25) is 5.91 Å². The average molecular weight is 372 g/mol. The number of aromatic nitrogens is 2. The molecule has 3 fully saturated rings. The molecule has 1 N–H and O–H groups in total. The summed E-state index contributed by atoms with van der Waals surface area (Å²) in [5.41, 5.74) is 1.80. The summed E-state index contributed by atoms with van der Waals surface area (Å²) in [6, 6.07) is 1.43. The number of aryl methyl sites for hydroxylation is 2. The number of hydrogen-bond acceptors (Lipinski definition) is 5. The van der Waals surface area contributed by atoms with Crippen molar-refractivity contribution >= 4 is 11.9 Å². The number of likely N-dealkylation sites (tertiary alicyclic amines) is 2. The molecule has 0 radical (unpaired) electrons. The SMILES string of the molecule is Cc1cc(C)nc(CN2CC3(CCN(C(=O)C4CC4)CC3)C[C@@H]2C(=O)O)n1. The summed E-state index contributed by atoms with van der Waals surface area (Å²) < 4.78 is 0. The van der Waals surface area contributed by atoms with Gasteiger partial charge < -0.3 is 10.0 Å². The predicted octanol–water partition coefficient (Wildman–Crippen LogP) is 1.77. The highest BCUT2D eigenvalue weighted by Crippen LogP contribution is 2.44. The van der Waals surface area contributed by atoms with Crippen LogP contribution in [-0.2, 0) is 16.1 Å². The largest absolute Gasteiger partial charge is 0.480 e. The van der Waals surface area contributed by atoms with Gasteiger partial charge in [0.05, 0.1) is 6.54 Å². The average Bonchev–Trinajstić information content (AvgIpc) is 3.38. The number of nitrogens with zero attached hydrogens (tertiary/aromatic N) is 4. The lowest BCUT2D eigenvalue weighted by Crippen LogP contribution is -2.44. The molecule has 7 heteroatoms. The smallest absolute Gasteiger partial charge is 0.320 e. The van der Waals surface area contributed by atoms with Gasteiger partial charge in [0.25, 0.3) is 0 Å². The molecule has 3 heterocycles.